The van der Waals surface area contributed by atoms with Crippen molar-refractivity contribution in [2.24, 2.45) is 5.92 Å². The van der Waals surface area contributed by atoms with E-state index in [2.05, 4.69) is 4.74 Å². The second-order valence-electron chi connectivity index (χ2n) is 4.35. The van der Waals surface area contributed by atoms with Gasteiger partial charge in [-0.1, -0.05) is 6.07 Å². The molecule has 19 heavy (non-hydrogen) atoms. The van der Waals surface area contributed by atoms with Gasteiger partial charge >= 0.3 is 6.61 Å². The largest absolute Gasteiger partial charge is 0.496 e. The van der Waals surface area contributed by atoms with Gasteiger partial charge in [-0.2, -0.15) is 8.78 Å². The topological polar surface area (TPSA) is 35.5 Å². The van der Waals surface area contributed by atoms with Crippen LogP contribution in [0.5, 0.6) is 11.5 Å². The first kappa shape index (κ1) is 13.7. The zero-order valence-corrected chi connectivity index (χ0v) is 10.2. The lowest BCUT2D eigenvalue weighted by Crippen LogP contribution is -2.10. The molecule has 0 aliphatic heterocycles. The molecule has 0 N–H and O–H groups in total. The molecular formula is C13H13F3O3. The first-order chi connectivity index (χ1) is 9.02. The summed E-state index contributed by atoms with van der Waals surface area (Å²) in [5.41, 5.74) is -0.0515. The molecule has 3 nitrogen and oxygen atoms in total. The average molecular weight is 274 g/mol. The van der Waals surface area contributed by atoms with Crippen molar-refractivity contribution in [1.29, 1.82) is 0 Å². The summed E-state index contributed by atoms with van der Waals surface area (Å²) >= 11 is 0. The number of benzene rings is 1. The van der Waals surface area contributed by atoms with Crippen molar-refractivity contribution in [2.45, 2.75) is 25.6 Å². The Labute approximate surface area is 108 Å². The van der Waals surface area contributed by atoms with Crippen LogP contribution in [0, 0.1) is 5.92 Å². The minimum absolute atomic E-state index is 0.0266. The molecule has 104 valence electrons. The van der Waals surface area contributed by atoms with E-state index in [4.69, 9.17) is 4.74 Å². The highest BCUT2D eigenvalue weighted by molar-refractivity contribution is 6.01. The molecular weight excluding hydrogens is 261 g/mol. The fourth-order valence-corrected chi connectivity index (χ4v) is 1.91. The normalized spacial score (nSPS) is 21.3. The zero-order valence-electron chi connectivity index (χ0n) is 10.2. The maximum Gasteiger partial charge on any atom is 0.387 e. The summed E-state index contributed by atoms with van der Waals surface area (Å²) in [5, 5.41) is 0. The van der Waals surface area contributed by atoms with Crippen LogP contribution in [0.1, 0.15) is 23.2 Å². The summed E-state index contributed by atoms with van der Waals surface area (Å²) in [6, 6.07) is 4.19. The molecule has 0 aromatic heterocycles. The fraction of sp³-hybridized carbons (Fsp3) is 0.462. The number of rotatable bonds is 6. The van der Waals surface area contributed by atoms with E-state index >= 15 is 0 Å². The van der Waals surface area contributed by atoms with Gasteiger partial charge < -0.3 is 9.47 Å². The van der Waals surface area contributed by atoms with Crippen LogP contribution in [-0.4, -0.2) is 25.7 Å². The van der Waals surface area contributed by atoms with E-state index < -0.39 is 18.6 Å². The maximum absolute atomic E-state index is 12.8. The molecule has 1 aromatic rings. The first-order valence-corrected chi connectivity index (χ1v) is 5.82. The molecule has 1 aromatic carbocycles. The van der Waals surface area contributed by atoms with Crippen LogP contribution in [0.2, 0.25) is 0 Å². The van der Waals surface area contributed by atoms with Crippen molar-refractivity contribution in [3.8, 4) is 11.5 Å². The number of methoxy groups -OCH3 is 1. The van der Waals surface area contributed by atoms with Crippen LogP contribution < -0.4 is 9.47 Å². The number of carbonyl (C=O) groups is 1. The fourth-order valence-electron chi connectivity index (χ4n) is 1.91. The number of halogens is 3. The lowest BCUT2D eigenvalue weighted by molar-refractivity contribution is -0.0502. The molecule has 1 fully saturated rings. The van der Waals surface area contributed by atoms with Crippen molar-refractivity contribution >= 4 is 5.78 Å². The second-order valence-corrected chi connectivity index (χ2v) is 4.35. The van der Waals surface area contributed by atoms with Crippen LogP contribution in [0.25, 0.3) is 0 Å². The first-order valence-electron chi connectivity index (χ1n) is 5.82. The van der Waals surface area contributed by atoms with Gasteiger partial charge in [0.2, 0.25) is 0 Å². The Morgan fingerprint density at radius 1 is 1.42 bits per heavy atom. The molecule has 0 heterocycles. The van der Waals surface area contributed by atoms with E-state index in [0.717, 1.165) is 0 Å². The summed E-state index contributed by atoms with van der Waals surface area (Å²) in [6.45, 7) is -3.03. The molecule has 6 heteroatoms. The summed E-state index contributed by atoms with van der Waals surface area (Å²) in [7, 11) is 1.33. The Balaban J connectivity index is 2.26. The molecule has 0 unspecified atom stereocenters. The van der Waals surface area contributed by atoms with Gasteiger partial charge in [-0.25, -0.2) is 4.39 Å². The number of ether oxygens (including phenoxy) is 2. The molecule has 0 bridgehead atoms. The molecule has 1 saturated carbocycles. The van der Waals surface area contributed by atoms with Crippen molar-refractivity contribution in [2.75, 3.05) is 7.11 Å². The minimum Gasteiger partial charge on any atom is -0.496 e. The molecule has 2 atom stereocenters. The maximum atomic E-state index is 12.8. The smallest absolute Gasteiger partial charge is 0.387 e. The Hall–Kier alpha value is -1.72. The van der Waals surface area contributed by atoms with Crippen LogP contribution in [0.3, 0.4) is 0 Å². The molecule has 1 aliphatic carbocycles. The summed E-state index contributed by atoms with van der Waals surface area (Å²) in [6.07, 6.45) is -0.661. The Morgan fingerprint density at radius 3 is 2.58 bits per heavy atom. The second kappa shape index (κ2) is 5.50. The van der Waals surface area contributed by atoms with Crippen LogP contribution >= 0.6 is 0 Å². The van der Waals surface area contributed by atoms with Crippen LogP contribution in [0.15, 0.2) is 18.2 Å². The monoisotopic (exact) mass is 274 g/mol. The summed E-state index contributed by atoms with van der Waals surface area (Å²) in [4.78, 5) is 12.1. The van der Waals surface area contributed by atoms with Gasteiger partial charge in [0.1, 0.15) is 23.2 Å². The van der Waals surface area contributed by atoms with Gasteiger partial charge in [-0.05, 0) is 18.6 Å². The Morgan fingerprint density at radius 2 is 2.05 bits per heavy atom. The van der Waals surface area contributed by atoms with Gasteiger partial charge in [0.25, 0.3) is 0 Å². The lowest BCUT2D eigenvalue weighted by atomic mass is 10.0. The number of carbonyl (C=O) groups excluding carboxylic acids is 1. The van der Waals surface area contributed by atoms with Crippen molar-refractivity contribution < 1.29 is 27.4 Å². The minimum atomic E-state index is -3.03. The van der Waals surface area contributed by atoms with E-state index in [-0.39, 0.29) is 29.4 Å². The van der Waals surface area contributed by atoms with Crippen molar-refractivity contribution in [3.63, 3.8) is 0 Å². The van der Waals surface area contributed by atoms with Crippen molar-refractivity contribution in [1.82, 2.24) is 0 Å². The number of ketones is 1. The predicted molar refractivity (Wildman–Crippen MR) is 61.6 cm³/mol. The Kier molecular flexibility index (Phi) is 3.97. The quantitative estimate of drug-likeness (QED) is 0.747. The predicted octanol–water partition coefficient (Wildman–Crippen LogP) is 3.23. The standard InChI is InChI=1S/C13H13F3O3/c1-18-10-3-2-4-11(19-13(15)16)12(10)9(17)6-7-5-8(7)14/h2-4,7-8,13H,5-6H2,1H3/t7-,8-/m0/s1. The van der Waals surface area contributed by atoms with E-state index in [1.165, 1.54) is 25.3 Å². The number of hydrogen-bond acceptors (Lipinski definition) is 3. The summed E-state index contributed by atoms with van der Waals surface area (Å²) < 4.78 is 46.7. The Bertz CT molecular complexity index is 476. The van der Waals surface area contributed by atoms with E-state index in [1.54, 1.807) is 0 Å². The molecule has 2 rings (SSSR count). The highest BCUT2D eigenvalue weighted by Gasteiger charge is 2.39. The van der Waals surface area contributed by atoms with Crippen molar-refractivity contribution in [3.05, 3.63) is 23.8 Å². The highest BCUT2D eigenvalue weighted by atomic mass is 19.3. The molecule has 0 radical (unpaired) electrons. The SMILES string of the molecule is COc1cccc(OC(F)F)c1C(=O)C[C@@H]1C[C@@H]1F. The molecule has 1 aliphatic rings. The third kappa shape index (κ3) is 3.19. The van der Waals surface area contributed by atoms with Gasteiger partial charge in [0, 0.05) is 12.3 Å². The van der Waals surface area contributed by atoms with E-state index in [0.29, 0.717) is 6.42 Å². The van der Waals surface area contributed by atoms with Crippen LogP contribution in [-0.2, 0) is 0 Å². The molecule has 0 spiro atoms. The van der Waals surface area contributed by atoms with Gasteiger partial charge in [0.05, 0.1) is 7.11 Å². The third-order valence-corrected chi connectivity index (χ3v) is 2.99. The third-order valence-electron chi connectivity index (χ3n) is 2.99. The van der Waals surface area contributed by atoms with Gasteiger partial charge in [-0.15, -0.1) is 0 Å². The van der Waals surface area contributed by atoms with Gasteiger partial charge in [-0.3, -0.25) is 4.79 Å². The highest BCUT2D eigenvalue weighted by Crippen LogP contribution is 2.40. The molecule has 0 saturated heterocycles. The zero-order chi connectivity index (χ0) is 14.0. The lowest BCUT2D eigenvalue weighted by Gasteiger charge is -2.13. The van der Waals surface area contributed by atoms with Gasteiger partial charge in [0.15, 0.2) is 5.78 Å². The number of Topliss-reactive ketones (excluding diaryl/α,β-unsaturated/α-hetero) is 1. The van der Waals surface area contributed by atoms with E-state index in [1.807, 2.05) is 0 Å². The van der Waals surface area contributed by atoms with E-state index in [9.17, 15) is 18.0 Å². The molecule has 0 amide bonds. The number of alkyl halides is 3. The average Bonchev–Trinajstić information content (AvgIpc) is 3.03. The van der Waals surface area contributed by atoms with Crippen LogP contribution in [0.4, 0.5) is 13.2 Å². The number of hydrogen-bond donors (Lipinski definition) is 0. The summed E-state index contributed by atoms with van der Waals surface area (Å²) in [5.74, 6) is -0.857.